The first-order chi connectivity index (χ1) is 7.03. The van der Waals surface area contributed by atoms with Gasteiger partial charge in [0, 0.05) is 12.0 Å². The molecule has 1 aliphatic rings. The van der Waals surface area contributed by atoms with Gasteiger partial charge in [0.2, 0.25) is 0 Å². The van der Waals surface area contributed by atoms with Crippen molar-refractivity contribution in [2.24, 2.45) is 17.6 Å². The summed E-state index contributed by atoms with van der Waals surface area (Å²) >= 11 is 0. The topological polar surface area (TPSA) is 60.2 Å². The van der Waals surface area contributed by atoms with Crippen molar-refractivity contribution in [3.8, 4) is 0 Å². The molecule has 1 aliphatic carbocycles. The Hall–Kier alpha value is -0.0900. The molecule has 4 heteroatoms. The monoisotopic (exact) mass is 233 g/mol. The minimum absolute atomic E-state index is 0.334. The van der Waals surface area contributed by atoms with Crippen molar-refractivity contribution >= 4 is 9.84 Å². The highest BCUT2D eigenvalue weighted by Gasteiger charge is 2.23. The lowest BCUT2D eigenvalue weighted by Gasteiger charge is -2.30. The first kappa shape index (κ1) is 13.0. The molecule has 0 aromatic rings. The third-order valence-corrected chi connectivity index (χ3v) is 4.49. The maximum Gasteiger partial charge on any atom is 0.147 e. The molecule has 2 unspecified atom stereocenters. The largest absolute Gasteiger partial charge is 0.330 e. The van der Waals surface area contributed by atoms with Crippen molar-refractivity contribution < 1.29 is 8.42 Å². The van der Waals surface area contributed by atoms with E-state index in [9.17, 15) is 8.42 Å². The second-order valence-electron chi connectivity index (χ2n) is 4.81. The van der Waals surface area contributed by atoms with Gasteiger partial charge in [0.15, 0.2) is 0 Å². The lowest BCUT2D eigenvalue weighted by Crippen LogP contribution is -2.27. The Morgan fingerprint density at radius 3 is 2.33 bits per heavy atom. The van der Waals surface area contributed by atoms with Gasteiger partial charge in [-0.25, -0.2) is 8.42 Å². The van der Waals surface area contributed by atoms with Gasteiger partial charge in [0.25, 0.3) is 0 Å². The Bertz CT molecular complexity index is 274. The smallest absolute Gasteiger partial charge is 0.147 e. The Balaban J connectivity index is 2.29. The molecule has 0 saturated heterocycles. The van der Waals surface area contributed by atoms with Crippen LogP contribution < -0.4 is 5.73 Å². The molecular weight excluding hydrogens is 210 g/mol. The van der Waals surface area contributed by atoms with Gasteiger partial charge in [0.05, 0.1) is 0 Å². The lowest BCUT2D eigenvalue weighted by molar-refractivity contribution is 0.229. The molecule has 1 rings (SSSR count). The van der Waals surface area contributed by atoms with Crippen molar-refractivity contribution in [2.45, 2.75) is 38.5 Å². The second-order valence-corrected chi connectivity index (χ2v) is 7.07. The first-order valence-electron chi connectivity index (χ1n) is 5.90. The number of rotatable bonds is 5. The lowest BCUT2D eigenvalue weighted by atomic mass is 9.77. The Labute approximate surface area is 93.3 Å². The van der Waals surface area contributed by atoms with Crippen LogP contribution in [0.5, 0.6) is 0 Å². The maximum atomic E-state index is 11.0. The van der Waals surface area contributed by atoms with Crippen LogP contribution in [-0.4, -0.2) is 27.0 Å². The zero-order chi connectivity index (χ0) is 11.3. The Morgan fingerprint density at radius 1 is 1.20 bits per heavy atom. The minimum Gasteiger partial charge on any atom is -0.330 e. The van der Waals surface area contributed by atoms with Crippen molar-refractivity contribution in [1.82, 2.24) is 0 Å². The van der Waals surface area contributed by atoms with Gasteiger partial charge in [-0.15, -0.1) is 0 Å². The summed E-state index contributed by atoms with van der Waals surface area (Å²) in [6.45, 7) is 0.767. The summed E-state index contributed by atoms with van der Waals surface area (Å²) < 4.78 is 22.0. The average molecular weight is 233 g/mol. The molecule has 2 N–H and O–H groups in total. The molecule has 0 radical (unpaired) electrons. The van der Waals surface area contributed by atoms with Gasteiger partial charge in [-0.3, -0.25) is 0 Å². The summed E-state index contributed by atoms with van der Waals surface area (Å²) in [4.78, 5) is 0. The second kappa shape index (κ2) is 5.85. The molecule has 0 aromatic heterocycles. The number of hydrogen-bond acceptors (Lipinski definition) is 3. The van der Waals surface area contributed by atoms with Gasteiger partial charge in [0.1, 0.15) is 9.84 Å². The summed E-state index contributed by atoms with van der Waals surface area (Å²) in [5.41, 5.74) is 5.73. The van der Waals surface area contributed by atoms with E-state index in [2.05, 4.69) is 0 Å². The van der Waals surface area contributed by atoms with Crippen molar-refractivity contribution in [3.63, 3.8) is 0 Å². The summed E-state index contributed by atoms with van der Waals surface area (Å²) in [7, 11) is -2.78. The predicted octanol–water partition coefficient (Wildman–Crippen LogP) is 1.58. The highest BCUT2D eigenvalue weighted by atomic mass is 32.2. The van der Waals surface area contributed by atoms with Crippen LogP contribution >= 0.6 is 0 Å². The van der Waals surface area contributed by atoms with E-state index in [-0.39, 0.29) is 0 Å². The highest BCUT2D eigenvalue weighted by Crippen LogP contribution is 2.32. The molecule has 0 bridgehead atoms. The van der Waals surface area contributed by atoms with Gasteiger partial charge in [-0.2, -0.15) is 0 Å². The predicted molar refractivity (Wildman–Crippen MR) is 63.4 cm³/mol. The third kappa shape index (κ3) is 4.98. The molecular formula is C11H23NO2S. The van der Waals surface area contributed by atoms with E-state index in [1.807, 2.05) is 0 Å². The fourth-order valence-corrected chi connectivity index (χ4v) is 3.27. The van der Waals surface area contributed by atoms with Gasteiger partial charge in [-0.1, -0.05) is 19.3 Å². The van der Waals surface area contributed by atoms with Gasteiger partial charge >= 0.3 is 0 Å². The SMILES string of the molecule is CS(=O)(=O)CCCC1CCCCC1CN. The van der Waals surface area contributed by atoms with E-state index in [4.69, 9.17) is 5.73 Å². The van der Waals surface area contributed by atoms with Crippen LogP contribution in [0.1, 0.15) is 38.5 Å². The highest BCUT2D eigenvalue weighted by molar-refractivity contribution is 7.90. The fraction of sp³-hybridized carbons (Fsp3) is 1.00. The molecule has 3 nitrogen and oxygen atoms in total. The summed E-state index contributed by atoms with van der Waals surface area (Å²) in [6, 6.07) is 0. The fourth-order valence-electron chi connectivity index (χ4n) is 2.58. The first-order valence-corrected chi connectivity index (χ1v) is 7.97. The molecule has 0 aliphatic heterocycles. The minimum atomic E-state index is -2.78. The van der Waals surface area contributed by atoms with Crippen LogP contribution in [0, 0.1) is 11.8 Å². The van der Waals surface area contributed by atoms with E-state index in [0.29, 0.717) is 17.6 Å². The van der Waals surface area contributed by atoms with Crippen LogP contribution in [-0.2, 0) is 9.84 Å². The number of sulfone groups is 1. The Kier molecular flexibility index (Phi) is 5.06. The molecule has 15 heavy (non-hydrogen) atoms. The maximum absolute atomic E-state index is 11.0. The van der Waals surface area contributed by atoms with E-state index in [0.717, 1.165) is 19.4 Å². The average Bonchev–Trinajstić information content (AvgIpc) is 2.16. The van der Waals surface area contributed by atoms with Crippen molar-refractivity contribution in [1.29, 1.82) is 0 Å². The standard InChI is InChI=1S/C11H23NO2S/c1-15(13,14)8-4-7-10-5-2-3-6-11(10)9-12/h10-11H,2-9,12H2,1H3. The molecule has 0 heterocycles. The van der Waals surface area contributed by atoms with Gasteiger partial charge < -0.3 is 5.73 Å². The van der Waals surface area contributed by atoms with E-state index in [1.54, 1.807) is 0 Å². The van der Waals surface area contributed by atoms with Crippen LogP contribution in [0.25, 0.3) is 0 Å². The zero-order valence-electron chi connectivity index (χ0n) is 9.61. The number of hydrogen-bond donors (Lipinski definition) is 1. The van der Waals surface area contributed by atoms with Crippen molar-refractivity contribution in [3.05, 3.63) is 0 Å². The normalized spacial score (nSPS) is 27.9. The third-order valence-electron chi connectivity index (χ3n) is 3.46. The molecule has 90 valence electrons. The van der Waals surface area contributed by atoms with Crippen molar-refractivity contribution in [2.75, 3.05) is 18.6 Å². The van der Waals surface area contributed by atoms with E-state index >= 15 is 0 Å². The molecule has 1 fully saturated rings. The molecule has 1 saturated carbocycles. The molecule has 0 aromatic carbocycles. The van der Waals surface area contributed by atoms with Crippen LogP contribution in [0.15, 0.2) is 0 Å². The summed E-state index contributed by atoms with van der Waals surface area (Å²) in [5.74, 6) is 1.64. The zero-order valence-corrected chi connectivity index (χ0v) is 10.4. The van der Waals surface area contributed by atoms with Gasteiger partial charge in [-0.05, 0) is 37.6 Å². The molecule has 0 amide bonds. The molecule has 0 spiro atoms. The molecule has 2 atom stereocenters. The van der Waals surface area contributed by atoms with E-state index in [1.165, 1.54) is 31.9 Å². The van der Waals surface area contributed by atoms with E-state index < -0.39 is 9.84 Å². The van der Waals surface area contributed by atoms with Crippen LogP contribution in [0.4, 0.5) is 0 Å². The van der Waals surface area contributed by atoms with Crippen LogP contribution in [0.3, 0.4) is 0 Å². The van der Waals surface area contributed by atoms with Crippen LogP contribution in [0.2, 0.25) is 0 Å². The Morgan fingerprint density at radius 2 is 1.80 bits per heavy atom. The number of nitrogens with two attached hydrogens (primary N) is 1. The summed E-state index contributed by atoms with van der Waals surface area (Å²) in [5, 5.41) is 0. The quantitative estimate of drug-likeness (QED) is 0.784. The summed E-state index contributed by atoms with van der Waals surface area (Å²) in [6.07, 6.45) is 8.22.